The Morgan fingerprint density at radius 1 is 1.50 bits per heavy atom. The van der Waals surface area contributed by atoms with Crippen LogP contribution in [0.15, 0.2) is 22.7 Å². The van der Waals surface area contributed by atoms with E-state index in [0.29, 0.717) is 6.61 Å². The van der Waals surface area contributed by atoms with Crippen LogP contribution in [-0.2, 0) is 0 Å². The first kappa shape index (κ1) is 11.5. The van der Waals surface area contributed by atoms with Crippen LogP contribution in [0.5, 0.6) is 5.75 Å². The van der Waals surface area contributed by atoms with Crippen LogP contribution in [0.4, 0.5) is 0 Å². The molecular weight excluding hydrogens is 244 g/mol. The van der Waals surface area contributed by atoms with Crippen molar-refractivity contribution in [2.45, 2.75) is 26.4 Å². The lowest BCUT2D eigenvalue weighted by Crippen LogP contribution is -2.01. The highest BCUT2D eigenvalue weighted by molar-refractivity contribution is 9.10. The van der Waals surface area contributed by atoms with Crippen molar-refractivity contribution >= 4 is 15.9 Å². The first-order chi connectivity index (χ1) is 6.65. The normalized spacial score (nSPS) is 12.6. The smallest absolute Gasteiger partial charge is 0.125 e. The Labute approximate surface area is 93.0 Å². The molecule has 1 aromatic carbocycles. The quantitative estimate of drug-likeness (QED) is 0.899. The molecule has 0 saturated carbocycles. The molecule has 0 aliphatic heterocycles. The Morgan fingerprint density at radius 3 is 2.79 bits per heavy atom. The van der Waals surface area contributed by atoms with Crippen molar-refractivity contribution in [3.8, 4) is 5.75 Å². The Kier molecular flexibility index (Phi) is 4.42. The van der Waals surface area contributed by atoms with Crippen LogP contribution in [0.3, 0.4) is 0 Å². The van der Waals surface area contributed by atoms with Crippen LogP contribution < -0.4 is 4.74 Å². The van der Waals surface area contributed by atoms with Crippen LogP contribution in [0.2, 0.25) is 0 Å². The molecule has 0 spiro atoms. The van der Waals surface area contributed by atoms with E-state index in [-0.39, 0.29) is 0 Å². The third-order valence-electron chi connectivity index (χ3n) is 1.88. The number of hydrogen-bond donors (Lipinski definition) is 1. The molecule has 3 heteroatoms. The lowest BCUT2D eigenvalue weighted by molar-refractivity contribution is 0.191. The van der Waals surface area contributed by atoms with Crippen molar-refractivity contribution in [3.63, 3.8) is 0 Å². The van der Waals surface area contributed by atoms with Gasteiger partial charge in [0.1, 0.15) is 5.75 Å². The second-order valence-electron chi connectivity index (χ2n) is 3.21. The van der Waals surface area contributed by atoms with Crippen LogP contribution in [-0.4, -0.2) is 11.7 Å². The summed E-state index contributed by atoms with van der Waals surface area (Å²) in [4.78, 5) is 0. The van der Waals surface area contributed by atoms with Gasteiger partial charge in [-0.05, 0) is 31.5 Å². The van der Waals surface area contributed by atoms with Crippen molar-refractivity contribution in [2.75, 3.05) is 6.61 Å². The van der Waals surface area contributed by atoms with E-state index in [9.17, 15) is 5.11 Å². The van der Waals surface area contributed by atoms with E-state index in [1.165, 1.54) is 0 Å². The number of hydrogen-bond acceptors (Lipinski definition) is 2. The first-order valence-corrected chi connectivity index (χ1v) is 5.54. The van der Waals surface area contributed by atoms with Gasteiger partial charge >= 0.3 is 0 Å². The molecule has 0 aliphatic carbocycles. The van der Waals surface area contributed by atoms with Crippen molar-refractivity contribution in [1.29, 1.82) is 0 Å². The lowest BCUT2D eigenvalue weighted by atomic mass is 10.1. The molecule has 78 valence electrons. The van der Waals surface area contributed by atoms with E-state index in [2.05, 4.69) is 22.9 Å². The molecule has 1 N–H and O–H groups in total. The summed E-state index contributed by atoms with van der Waals surface area (Å²) in [6, 6.07) is 5.67. The molecule has 0 amide bonds. The highest BCUT2D eigenvalue weighted by Crippen LogP contribution is 2.28. The predicted molar refractivity (Wildman–Crippen MR) is 60.6 cm³/mol. The summed E-state index contributed by atoms with van der Waals surface area (Å²) >= 11 is 3.37. The molecule has 14 heavy (non-hydrogen) atoms. The predicted octanol–water partition coefficient (Wildman–Crippen LogP) is 3.29. The van der Waals surface area contributed by atoms with Crippen molar-refractivity contribution in [1.82, 2.24) is 0 Å². The molecule has 0 heterocycles. The second-order valence-corrected chi connectivity index (χ2v) is 4.12. The Morgan fingerprint density at radius 2 is 2.21 bits per heavy atom. The van der Waals surface area contributed by atoms with Gasteiger partial charge in [0.25, 0.3) is 0 Å². The van der Waals surface area contributed by atoms with Crippen LogP contribution in [0.25, 0.3) is 0 Å². The molecule has 0 bridgehead atoms. The number of halogens is 1. The molecule has 0 radical (unpaired) electrons. The second kappa shape index (κ2) is 5.37. The molecule has 1 rings (SSSR count). The zero-order chi connectivity index (χ0) is 10.6. The van der Waals surface area contributed by atoms with Gasteiger partial charge in [-0.1, -0.05) is 22.9 Å². The average molecular weight is 259 g/mol. The molecule has 2 nitrogen and oxygen atoms in total. The topological polar surface area (TPSA) is 29.5 Å². The van der Waals surface area contributed by atoms with Gasteiger partial charge < -0.3 is 9.84 Å². The summed E-state index contributed by atoms with van der Waals surface area (Å²) in [6.07, 6.45) is 0.467. The van der Waals surface area contributed by atoms with E-state index in [1.54, 1.807) is 6.92 Å². The number of rotatable bonds is 4. The van der Waals surface area contributed by atoms with E-state index in [0.717, 1.165) is 22.2 Å². The summed E-state index contributed by atoms with van der Waals surface area (Å²) in [5.41, 5.74) is 0.827. The minimum absolute atomic E-state index is 0.501. The van der Waals surface area contributed by atoms with Crippen molar-refractivity contribution in [2.24, 2.45) is 0 Å². The summed E-state index contributed by atoms with van der Waals surface area (Å²) < 4.78 is 6.48. The average Bonchev–Trinajstić information content (AvgIpc) is 2.15. The SMILES string of the molecule is CCCOc1ccc(Br)cc1C(C)O. The Bertz CT molecular complexity index is 297. The zero-order valence-electron chi connectivity index (χ0n) is 8.46. The molecule has 0 saturated heterocycles. The number of benzene rings is 1. The van der Waals surface area contributed by atoms with Gasteiger partial charge in [-0.25, -0.2) is 0 Å². The molecule has 1 unspecified atom stereocenters. The fraction of sp³-hybridized carbons (Fsp3) is 0.455. The minimum Gasteiger partial charge on any atom is -0.493 e. The Balaban J connectivity index is 2.90. The number of ether oxygens (including phenoxy) is 1. The highest BCUT2D eigenvalue weighted by atomic mass is 79.9. The van der Waals surface area contributed by atoms with Gasteiger partial charge in [0, 0.05) is 10.0 Å². The number of aliphatic hydroxyl groups excluding tert-OH is 1. The monoisotopic (exact) mass is 258 g/mol. The first-order valence-electron chi connectivity index (χ1n) is 4.75. The maximum Gasteiger partial charge on any atom is 0.125 e. The van der Waals surface area contributed by atoms with E-state index in [1.807, 2.05) is 18.2 Å². The standard InChI is InChI=1S/C11H15BrO2/c1-3-6-14-11-5-4-9(12)7-10(11)8(2)13/h4-5,7-8,13H,3,6H2,1-2H3. The molecule has 1 atom stereocenters. The summed E-state index contributed by atoms with van der Waals surface area (Å²) in [5, 5.41) is 9.53. The van der Waals surface area contributed by atoms with Gasteiger partial charge in [-0.3, -0.25) is 0 Å². The molecule has 0 aliphatic rings. The lowest BCUT2D eigenvalue weighted by Gasteiger charge is -2.13. The van der Waals surface area contributed by atoms with E-state index >= 15 is 0 Å². The summed E-state index contributed by atoms with van der Waals surface area (Å²) in [7, 11) is 0. The fourth-order valence-corrected chi connectivity index (χ4v) is 1.57. The summed E-state index contributed by atoms with van der Waals surface area (Å²) in [5.74, 6) is 0.769. The van der Waals surface area contributed by atoms with Gasteiger partial charge in [0.15, 0.2) is 0 Å². The van der Waals surface area contributed by atoms with Crippen LogP contribution >= 0.6 is 15.9 Å². The molecular formula is C11H15BrO2. The largest absolute Gasteiger partial charge is 0.493 e. The number of aliphatic hydroxyl groups is 1. The third kappa shape index (κ3) is 3.00. The zero-order valence-corrected chi connectivity index (χ0v) is 10.0. The highest BCUT2D eigenvalue weighted by Gasteiger charge is 2.09. The van der Waals surface area contributed by atoms with Gasteiger partial charge in [0.2, 0.25) is 0 Å². The van der Waals surface area contributed by atoms with Crippen LogP contribution in [0.1, 0.15) is 31.9 Å². The molecule has 1 aromatic rings. The molecule has 0 fully saturated rings. The minimum atomic E-state index is -0.501. The van der Waals surface area contributed by atoms with E-state index < -0.39 is 6.10 Å². The Hall–Kier alpha value is -0.540. The van der Waals surface area contributed by atoms with Gasteiger partial charge in [-0.2, -0.15) is 0 Å². The van der Waals surface area contributed by atoms with Gasteiger partial charge in [0.05, 0.1) is 12.7 Å². The maximum atomic E-state index is 9.53. The fourth-order valence-electron chi connectivity index (χ4n) is 1.19. The maximum absolute atomic E-state index is 9.53. The molecule has 0 aromatic heterocycles. The van der Waals surface area contributed by atoms with Crippen molar-refractivity contribution < 1.29 is 9.84 Å². The summed E-state index contributed by atoms with van der Waals surface area (Å²) in [6.45, 7) is 4.48. The third-order valence-corrected chi connectivity index (χ3v) is 2.38. The van der Waals surface area contributed by atoms with Crippen LogP contribution in [0, 0.1) is 0 Å². The van der Waals surface area contributed by atoms with Gasteiger partial charge in [-0.15, -0.1) is 0 Å². The van der Waals surface area contributed by atoms with E-state index in [4.69, 9.17) is 4.74 Å². The van der Waals surface area contributed by atoms with Crippen molar-refractivity contribution in [3.05, 3.63) is 28.2 Å².